The lowest BCUT2D eigenvalue weighted by Gasteiger charge is -2.32. The molecule has 2 aliphatic rings. The van der Waals surface area contributed by atoms with Crippen molar-refractivity contribution < 1.29 is 9.59 Å². The predicted molar refractivity (Wildman–Crippen MR) is 81.0 cm³/mol. The predicted octanol–water partition coefficient (Wildman–Crippen LogP) is 1.51. The first-order valence-electron chi connectivity index (χ1n) is 7.50. The molecule has 0 spiro atoms. The van der Waals surface area contributed by atoms with E-state index in [1.807, 2.05) is 24.1 Å². The van der Waals surface area contributed by atoms with Gasteiger partial charge in [0.15, 0.2) is 0 Å². The van der Waals surface area contributed by atoms with Crippen LogP contribution in [0.15, 0.2) is 5.38 Å². The molecule has 0 aromatic carbocycles. The summed E-state index contributed by atoms with van der Waals surface area (Å²) in [4.78, 5) is 31.0. The molecule has 1 unspecified atom stereocenters. The van der Waals surface area contributed by atoms with Crippen LogP contribution in [-0.4, -0.2) is 40.3 Å². The molecule has 114 valence electrons. The fourth-order valence-corrected chi connectivity index (χ4v) is 3.64. The second-order valence-corrected chi connectivity index (χ2v) is 7.24. The summed E-state index contributed by atoms with van der Waals surface area (Å²) in [6.07, 6.45) is 3.21. The van der Waals surface area contributed by atoms with Crippen LogP contribution in [0.4, 0.5) is 0 Å². The lowest BCUT2D eigenvalue weighted by atomic mass is 9.94. The van der Waals surface area contributed by atoms with Gasteiger partial charge in [0.1, 0.15) is 5.54 Å². The number of aryl methyl sites for hydroxylation is 1. The van der Waals surface area contributed by atoms with Crippen LogP contribution in [-0.2, 0) is 16.0 Å². The van der Waals surface area contributed by atoms with Crippen molar-refractivity contribution in [2.75, 3.05) is 13.1 Å². The van der Waals surface area contributed by atoms with Crippen LogP contribution in [0.2, 0.25) is 0 Å². The molecule has 1 aromatic rings. The van der Waals surface area contributed by atoms with E-state index in [0.717, 1.165) is 30.0 Å². The highest BCUT2D eigenvalue weighted by molar-refractivity contribution is 7.09. The van der Waals surface area contributed by atoms with Crippen LogP contribution in [0.5, 0.6) is 0 Å². The maximum Gasteiger partial charge on any atom is 0.248 e. The Kier molecular flexibility index (Phi) is 3.73. The third kappa shape index (κ3) is 2.95. The Bertz CT molecular complexity index is 567. The highest BCUT2D eigenvalue weighted by atomic mass is 32.1. The van der Waals surface area contributed by atoms with Gasteiger partial charge in [-0.15, -0.1) is 11.3 Å². The minimum absolute atomic E-state index is 0.00949. The summed E-state index contributed by atoms with van der Waals surface area (Å²) in [6.45, 7) is 5.02. The fraction of sp³-hybridized carbons (Fsp3) is 0.667. The van der Waals surface area contributed by atoms with Crippen LogP contribution >= 0.6 is 11.3 Å². The summed E-state index contributed by atoms with van der Waals surface area (Å²) >= 11 is 1.63. The van der Waals surface area contributed by atoms with E-state index in [4.69, 9.17) is 0 Å². The molecule has 2 heterocycles. The van der Waals surface area contributed by atoms with Gasteiger partial charge < -0.3 is 10.2 Å². The van der Waals surface area contributed by atoms with Crippen LogP contribution in [0.3, 0.4) is 0 Å². The van der Waals surface area contributed by atoms with Crippen molar-refractivity contribution >= 4 is 23.2 Å². The largest absolute Gasteiger partial charge is 0.342 e. The normalized spacial score (nSPS) is 26.7. The monoisotopic (exact) mass is 307 g/mol. The second-order valence-electron chi connectivity index (χ2n) is 6.17. The number of nitrogens with zero attached hydrogens (tertiary/aromatic N) is 2. The zero-order valence-corrected chi connectivity index (χ0v) is 13.3. The first kappa shape index (κ1) is 14.5. The third-order valence-electron chi connectivity index (χ3n) is 4.44. The van der Waals surface area contributed by atoms with Crippen molar-refractivity contribution in [1.29, 1.82) is 0 Å². The number of rotatable bonds is 4. The van der Waals surface area contributed by atoms with Gasteiger partial charge >= 0.3 is 0 Å². The molecular weight excluding hydrogens is 286 g/mol. The maximum absolute atomic E-state index is 12.8. The Balaban J connectivity index is 1.71. The van der Waals surface area contributed by atoms with E-state index in [0.29, 0.717) is 25.4 Å². The summed E-state index contributed by atoms with van der Waals surface area (Å²) in [5.74, 6) is 0.364. The van der Waals surface area contributed by atoms with Crippen molar-refractivity contribution in [3.63, 3.8) is 0 Å². The summed E-state index contributed by atoms with van der Waals surface area (Å²) in [5, 5.41) is 6.05. The van der Waals surface area contributed by atoms with E-state index < -0.39 is 5.54 Å². The van der Waals surface area contributed by atoms with Gasteiger partial charge in [-0.25, -0.2) is 4.98 Å². The molecule has 3 rings (SSSR count). The molecule has 1 aromatic heterocycles. The number of thiazole rings is 1. The molecule has 0 bridgehead atoms. The Hall–Kier alpha value is -1.43. The van der Waals surface area contributed by atoms with Crippen LogP contribution in [0.1, 0.15) is 36.9 Å². The molecule has 1 aliphatic carbocycles. The summed E-state index contributed by atoms with van der Waals surface area (Å²) in [5.41, 5.74) is 0.327. The van der Waals surface area contributed by atoms with Gasteiger partial charge in [-0.3, -0.25) is 9.59 Å². The van der Waals surface area contributed by atoms with Gasteiger partial charge in [0, 0.05) is 31.3 Å². The average Bonchev–Trinajstić information content (AvgIpc) is 3.22. The maximum atomic E-state index is 12.8. The first-order chi connectivity index (χ1) is 9.99. The number of aromatic nitrogens is 1. The molecule has 1 aliphatic heterocycles. The average molecular weight is 307 g/mol. The molecule has 1 saturated carbocycles. The molecule has 6 heteroatoms. The van der Waals surface area contributed by atoms with Gasteiger partial charge in [0.2, 0.25) is 11.8 Å². The van der Waals surface area contributed by atoms with Crippen molar-refractivity contribution in [3.05, 3.63) is 16.1 Å². The van der Waals surface area contributed by atoms with E-state index in [-0.39, 0.29) is 11.8 Å². The van der Waals surface area contributed by atoms with Gasteiger partial charge in [-0.1, -0.05) is 0 Å². The van der Waals surface area contributed by atoms with Crippen molar-refractivity contribution in [2.24, 2.45) is 5.92 Å². The smallest absolute Gasteiger partial charge is 0.248 e. The summed E-state index contributed by atoms with van der Waals surface area (Å²) in [6, 6.07) is 0. The van der Waals surface area contributed by atoms with Crippen LogP contribution < -0.4 is 5.32 Å². The molecule has 2 fully saturated rings. The fourth-order valence-electron chi connectivity index (χ4n) is 3.00. The highest BCUT2D eigenvalue weighted by Crippen LogP contribution is 2.41. The van der Waals surface area contributed by atoms with E-state index >= 15 is 0 Å². The molecule has 21 heavy (non-hydrogen) atoms. The standard InChI is InChI=1S/C15H21N3O2S/c1-10-16-12(9-21-10)5-7-18-8-6-13(19)17-15(2,14(18)20)11-3-4-11/h9,11H,3-8H2,1-2H3,(H,17,19). The second kappa shape index (κ2) is 5.40. The molecular formula is C15H21N3O2S. The Morgan fingerprint density at radius 2 is 2.24 bits per heavy atom. The SMILES string of the molecule is Cc1nc(CCN2CCC(=O)NC(C)(C3CC3)C2=O)cs1. The van der Waals surface area contributed by atoms with E-state index in [9.17, 15) is 9.59 Å². The third-order valence-corrected chi connectivity index (χ3v) is 5.26. The lowest BCUT2D eigenvalue weighted by molar-refractivity contribution is -0.139. The van der Waals surface area contributed by atoms with Crippen molar-refractivity contribution in [2.45, 2.75) is 45.1 Å². The number of carbonyl (C=O) groups excluding carboxylic acids is 2. The van der Waals surface area contributed by atoms with Crippen LogP contribution in [0, 0.1) is 12.8 Å². The topological polar surface area (TPSA) is 62.3 Å². The van der Waals surface area contributed by atoms with Gasteiger partial charge in [0.25, 0.3) is 0 Å². The Morgan fingerprint density at radius 1 is 1.48 bits per heavy atom. The van der Waals surface area contributed by atoms with Crippen molar-refractivity contribution in [3.8, 4) is 0 Å². The Labute approximate surface area is 128 Å². The molecule has 2 amide bonds. The summed E-state index contributed by atoms with van der Waals surface area (Å²) < 4.78 is 0. The first-order valence-corrected chi connectivity index (χ1v) is 8.38. The van der Waals surface area contributed by atoms with E-state index in [1.54, 1.807) is 11.3 Å². The van der Waals surface area contributed by atoms with Gasteiger partial charge in [-0.2, -0.15) is 0 Å². The molecule has 5 nitrogen and oxygen atoms in total. The minimum atomic E-state index is -0.703. The minimum Gasteiger partial charge on any atom is -0.342 e. The lowest BCUT2D eigenvalue weighted by Crippen LogP contribution is -2.56. The number of nitrogens with one attached hydrogen (secondary N) is 1. The van der Waals surface area contributed by atoms with E-state index in [2.05, 4.69) is 10.3 Å². The molecule has 0 radical (unpaired) electrons. The van der Waals surface area contributed by atoms with Crippen LogP contribution in [0.25, 0.3) is 0 Å². The molecule has 1 saturated heterocycles. The molecule has 1 atom stereocenters. The quantitative estimate of drug-likeness (QED) is 0.917. The molecule has 1 N–H and O–H groups in total. The van der Waals surface area contributed by atoms with Gasteiger partial charge in [0.05, 0.1) is 10.7 Å². The summed E-state index contributed by atoms with van der Waals surface area (Å²) in [7, 11) is 0. The van der Waals surface area contributed by atoms with E-state index in [1.165, 1.54) is 0 Å². The Morgan fingerprint density at radius 3 is 2.86 bits per heavy atom. The highest BCUT2D eigenvalue weighted by Gasteiger charge is 2.50. The number of amides is 2. The number of carbonyl (C=O) groups is 2. The zero-order chi connectivity index (χ0) is 15.0. The number of hydrogen-bond acceptors (Lipinski definition) is 4. The number of hydrogen-bond donors (Lipinski definition) is 1. The van der Waals surface area contributed by atoms with Crippen molar-refractivity contribution in [1.82, 2.24) is 15.2 Å². The zero-order valence-electron chi connectivity index (χ0n) is 12.5. The van der Waals surface area contributed by atoms with Gasteiger partial charge in [-0.05, 0) is 32.6 Å².